The predicted octanol–water partition coefficient (Wildman–Crippen LogP) is -0.0386. The van der Waals surface area contributed by atoms with Gasteiger partial charge in [0.15, 0.2) is 12.4 Å². The first-order valence-electron chi connectivity index (χ1n) is 3.34. The molecule has 12 heavy (non-hydrogen) atoms. The fourth-order valence-electron chi connectivity index (χ4n) is 0.929. The second-order valence-electron chi connectivity index (χ2n) is 2.45. The summed E-state index contributed by atoms with van der Waals surface area (Å²) in [5.74, 6) is -0.795. The number of rotatable bonds is 2. The van der Waals surface area contributed by atoms with Gasteiger partial charge in [-0.05, 0) is 6.07 Å². The van der Waals surface area contributed by atoms with E-state index in [1.165, 1.54) is 0 Å². The molecule has 2 N–H and O–H groups in total. The molecule has 1 aromatic heterocycles. The smallest absolute Gasteiger partial charge is 0.308 e. The van der Waals surface area contributed by atoms with E-state index in [1.54, 1.807) is 12.3 Å². The second kappa shape index (κ2) is 4.46. The van der Waals surface area contributed by atoms with Crippen molar-refractivity contribution in [1.29, 1.82) is 0 Å². The summed E-state index contributed by atoms with van der Waals surface area (Å²) in [7, 11) is 1.87. The van der Waals surface area contributed by atoms with Crippen molar-refractivity contribution in [3.63, 3.8) is 0 Å². The molecular weight excluding hydrogens is 158 g/mol. The highest BCUT2D eigenvalue weighted by Crippen LogP contribution is 1.94. The van der Waals surface area contributed by atoms with Gasteiger partial charge < -0.3 is 10.6 Å². The molecule has 0 aliphatic rings. The van der Waals surface area contributed by atoms with Crippen LogP contribution in [0.3, 0.4) is 0 Å². The maximum absolute atomic E-state index is 10.3. The molecule has 4 heteroatoms. The fraction of sp³-hybridized carbons (Fsp3) is 0.250. The molecule has 0 aliphatic heterocycles. The van der Waals surface area contributed by atoms with Crippen LogP contribution in [0.4, 0.5) is 0 Å². The maximum atomic E-state index is 10.3. The monoisotopic (exact) mass is 169 g/mol. The molecular formula is C8H11NO3. The average Bonchev–Trinajstić information content (AvgIpc) is 1.85. The van der Waals surface area contributed by atoms with Gasteiger partial charge in [0.2, 0.25) is 0 Å². The molecule has 0 saturated carbocycles. The average molecular weight is 169 g/mol. The number of hydrogen-bond donors (Lipinski definition) is 1. The number of carboxylic acids is 1. The van der Waals surface area contributed by atoms with Crippen LogP contribution in [0.25, 0.3) is 0 Å². The van der Waals surface area contributed by atoms with E-state index < -0.39 is 5.97 Å². The SMILES string of the molecule is C[n+]1cccc(CC(=O)O)c1.[OH-]. The van der Waals surface area contributed by atoms with Crippen molar-refractivity contribution in [2.75, 3.05) is 0 Å². The van der Waals surface area contributed by atoms with E-state index in [2.05, 4.69) is 0 Å². The van der Waals surface area contributed by atoms with Gasteiger partial charge in [-0.2, -0.15) is 0 Å². The molecule has 0 aromatic carbocycles. The molecule has 0 spiro atoms. The number of aryl methyl sites for hydroxylation is 1. The number of carboxylic acid groups (broad SMARTS) is 1. The molecule has 0 amide bonds. The topological polar surface area (TPSA) is 71.2 Å². The summed E-state index contributed by atoms with van der Waals surface area (Å²) in [6.07, 6.45) is 3.76. The second-order valence-corrected chi connectivity index (χ2v) is 2.45. The van der Waals surface area contributed by atoms with E-state index >= 15 is 0 Å². The van der Waals surface area contributed by atoms with E-state index in [0.29, 0.717) is 0 Å². The zero-order valence-corrected chi connectivity index (χ0v) is 6.77. The largest absolute Gasteiger partial charge is 0.870 e. The van der Waals surface area contributed by atoms with Crippen molar-refractivity contribution >= 4 is 5.97 Å². The fourth-order valence-corrected chi connectivity index (χ4v) is 0.929. The maximum Gasteiger partial charge on any atom is 0.308 e. The zero-order chi connectivity index (χ0) is 8.27. The zero-order valence-electron chi connectivity index (χ0n) is 6.77. The van der Waals surface area contributed by atoms with Crippen molar-refractivity contribution in [3.05, 3.63) is 30.1 Å². The number of pyridine rings is 1. The third-order valence-electron chi connectivity index (χ3n) is 1.36. The van der Waals surface area contributed by atoms with Gasteiger partial charge >= 0.3 is 5.97 Å². The van der Waals surface area contributed by atoms with Crippen molar-refractivity contribution in [2.24, 2.45) is 7.05 Å². The van der Waals surface area contributed by atoms with Crippen LogP contribution in [0.5, 0.6) is 0 Å². The Morgan fingerprint density at radius 1 is 1.67 bits per heavy atom. The lowest BCUT2D eigenvalue weighted by molar-refractivity contribution is -0.671. The van der Waals surface area contributed by atoms with Gasteiger partial charge in [0.25, 0.3) is 0 Å². The summed E-state index contributed by atoms with van der Waals surface area (Å²) in [6, 6.07) is 3.63. The first-order valence-corrected chi connectivity index (χ1v) is 3.34. The molecule has 0 unspecified atom stereocenters. The molecule has 0 fully saturated rings. The third-order valence-corrected chi connectivity index (χ3v) is 1.36. The lowest BCUT2D eigenvalue weighted by atomic mass is 10.2. The van der Waals surface area contributed by atoms with Crippen LogP contribution in [0.2, 0.25) is 0 Å². The van der Waals surface area contributed by atoms with E-state index in [-0.39, 0.29) is 11.9 Å². The third kappa shape index (κ3) is 3.12. The minimum absolute atomic E-state index is 0. The van der Waals surface area contributed by atoms with Crippen LogP contribution in [0.1, 0.15) is 5.56 Å². The van der Waals surface area contributed by atoms with Crippen molar-refractivity contribution < 1.29 is 19.9 Å². The van der Waals surface area contributed by atoms with Crippen LogP contribution in [0.15, 0.2) is 24.5 Å². The Labute approximate surface area is 70.4 Å². The lowest BCUT2D eigenvalue weighted by Crippen LogP contribution is -2.27. The van der Waals surface area contributed by atoms with Gasteiger partial charge in [0.05, 0.1) is 6.42 Å². The summed E-state index contributed by atoms with van der Waals surface area (Å²) in [5.41, 5.74) is 0.822. The van der Waals surface area contributed by atoms with Crippen LogP contribution >= 0.6 is 0 Å². The lowest BCUT2D eigenvalue weighted by Gasteiger charge is -1.92. The highest BCUT2D eigenvalue weighted by atomic mass is 16.4. The minimum atomic E-state index is -0.795. The molecule has 0 radical (unpaired) electrons. The molecule has 1 rings (SSSR count). The summed E-state index contributed by atoms with van der Waals surface area (Å²) in [4.78, 5) is 10.3. The van der Waals surface area contributed by atoms with Crippen LogP contribution < -0.4 is 4.57 Å². The van der Waals surface area contributed by atoms with Gasteiger partial charge in [-0.25, -0.2) is 4.57 Å². The summed E-state index contributed by atoms with van der Waals surface area (Å²) in [6.45, 7) is 0. The predicted molar refractivity (Wildman–Crippen MR) is 40.9 cm³/mol. The Kier molecular flexibility index (Phi) is 3.93. The van der Waals surface area contributed by atoms with E-state index in [1.807, 2.05) is 23.9 Å². The van der Waals surface area contributed by atoms with Gasteiger partial charge in [-0.15, -0.1) is 0 Å². The Bertz CT molecular complexity index is 273. The molecule has 1 aromatic rings. The Morgan fingerprint density at radius 2 is 2.33 bits per heavy atom. The first kappa shape index (κ1) is 10.6. The van der Waals surface area contributed by atoms with E-state index in [4.69, 9.17) is 5.11 Å². The normalized spacial score (nSPS) is 8.75. The Morgan fingerprint density at radius 3 is 2.83 bits per heavy atom. The number of hydrogen-bond acceptors (Lipinski definition) is 2. The van der Waals surface area contributed by atoms with Crippen molar-refractivity contribution in [3.8, 4) is 0 Å². The van der Waals surface area contributed by atoms with Crippen molar-refractivity contribution in [2.45, 2.75) is 6.42 Å². The molecule has 1 heterocycles. The molecule has 0 saturated heterocycles. The molecule has 4 nitrogen and oxygen atoms in total. The Hall–Kier alpha value is -1.42. The highest BCUT2D eigenvalue weighted by Gasteiger charge is 2.02. The van der Waals surface area contributed by atoms with Crippen LogP contribution in [0, 0.1) is 0 Å². The van der Waals surface area contributed by atoms with Crippen LogP contribution in [-0.2, 0) is 18.3 Å². The van der Waals surface area contributed by atoms with Gasteiger partial charge in [-0.1, -0.05) is 0 Å². The minimum Gasteiger partial charge on any atom is -0.870 e. The van der Waals surface area contributed by atoms with E-state index in [0.717, 1.165) is 5.56 Å². The van der Waals surface area contributed by atoms with Gasteiger partial charge in [0, 0.05) is 11.6 Å². The van der Waals surface area contributed by atoms with Crippen LogP contribution in [-0.4, -0.2) is 16.6 Å². The van der Waals surface area contributed by atoms with Gasteiger partial charge in [-0.3, -0.25) is 4.79 Å². The first-order chi connectivity index (χ1) is 5.18. The molecule has 0 bridgehead atoms. The summed E-state index contributed by atoms with van der Waals surface area (Å²) < 4.78 is 1.83. The van der Waals surface area contributed by atoms with Gasteiger partial charge in [0.1, 0.15) is 7.05 Å². The molecule has 66 valence electrons. The molecule has 0 atom stereocenters. The van der Waals surface area contributed by atoms with Crippen molar-refractivity contribution in [1.82, 2.24) is 0 Å². The Balaban J connectivity index is 0.00000121. The summed E-state index contributed by atoms with van der Waals surface area (Å²) in [5, 5.41) is 8.45. The molecule has 0 aliphatic carbocycles. The standard InChI is InChI=1S/C8H9NO2.H2O/c1-9-4-2-3-7(6-9)5-8(10)11;/h2-4,6H,5H2,1H3;1H2. The number of aromatic nitrogens is 1. The quantitative estimate of drug-likeness (QED) is 0.631. The highest BCUT2D eigenvalue weighted by molar-refractivity contribution is 5.69. The summed E-state index contributed by atoms with van der Waals surface area (Å²) >= 11 is 0. The van der Waals surface area contributed by atoms with E-state index in [9.17, 15) is 4.79 Å². The number of aliphatic carboxylic acids is 1. The number of carbonyl (C=O) groups is 1. The number of nitrogens with zero attached hydrogens (tertiary/aromatic N) is 1.